The Balaban J connectivity index is 1.51. The molecule has 156 valence electrons. The molecule has 30 heavy (non-hydrogen) atoms. The van der Waals surface area contributed by atoms with Gasteiger partial charge >= 0.3 is 6.09 Å². The number of aliphatic imine (C=N–C) groups is 1. The van der Waals surface area contributed by atoms with Gasteiger partial charge in [0, 0.05) is 36.8 Å². The van der Waals surface area contributed by atoms with E-state index in [1.54, 1.807) is 28.9 Å². The van der Waals surface area contributed by atoms with Gasteiger partial charge in [0.05, 0.1) is 24.7 Å². The van der Waals surface area contributed by atoms with Gasteiger partial charge in [-0.05, 0) is 31.2 Å². The third-order valence-corrected chi connectivity index (χ3v) is 5.42. The molecule has 0 N–H and O–H groups in total. The van der Waals surface area contributed by atoms with Crippen LogP contribution in [0.15, 0.2) is 53.5 Å². The van der Waals surface area contributed by atoms with E-state index >= 15 is 0 Å². The minimum atomic E-state index is -0.282. The lowest BCUT2D eigenvalue weighted by Gasteiger charge is -2.36. The maximum atomic E-state index is 13.2. The third-order valence-electron chi connectivity index (χ3n) is 5.19. The van der Waals surface area contributed by atoms with Crippen LogP contribution in [0, 0.1) is 0 Å². The molecule has 0 bridgehead atoms. The summed E-state index contributed by atoms with van der Waals surface area (Å²) >= 11 is 6.07. The van der Waals surface area contributed by atoms with Crippen LogP contribution in [0.1, 0.15) is 12.5 Å². The van der Waals surface area contributed by atoms with Crippen molar-refractivity contribution in [2.75, 3.05) is 44.4 Å². The number of para-hydroxylation sites is 1. The van der Waals surface area contributed by atoms with E-state index < -0.39 is 0 Å². The van der Waals surface area contributed by atoms with Crippen molar-refractivity contribution in [1.82, 2.24) is 9.80 Å². The fourth-order valence-corrected chi connectivity index (χ4v) is 3.86. The normalized spacial score (nSPS) is 18.1. The van der Waals surface area contributed by atoms with Gasteiger partial charge in [0.25, 0.3) is 5.91 Å². The summed E-state index contributed by atoms with van der Waals surface area (Å²) in [7, 11) is 0. The first-order valence-electron chi connectivity index (χ1n) is 9.96. The quantitative estimate of drug-likeness (QED) is 0.750. The highest BCUT2D eigenvalue weighted by molar-refractivity contribution is 6.54. The highest BCUT2D eigenvalue weighted by Crippen LogP contribution is 2.31. The molecule has 0 atom stereocenters. The van der Waals surface area contributed by atoms with Crippen LogP contribution in [-0.2, 0) is 9.53 Å². The van der Waals surface area contributed by atoms with Crippen LogP contribution >= 0.6 is 11.6 Å². The van der Waals surface area contributed by atoms with E-state index in [-0.39, 0.29) is 12.0 Å². The first kappa shape index (κ1) is 20.4. The van der Waals surface area contributed by atoms with Crippen LogP contribution in [-0.4, -0.2) is 67.0 Å². The summed E-state index contributed by atoms with van der Waals surface area (Å²) in [5, 5.41) is 0.576. The minimum Gasteiger partial charge on any atom is -0.450 e. The van der Waals surface area contributed by atoms with Crippen LogP contribution in [0.25, 0.3) is 0 Å². The van der Waals surface area contributed by atoms with Gasteiger partial charge in [0.15, 0.2) is 0 Å². The molecule has 2 aromatic rings. The standard InChI is InChI=1S/C22H23ClN4O3/c1-2-30-22(29)26-12-10-25(11-13-26)15-27-19-9-4-3-8-18(19)20(21(27)28)24-17-7-5-6-16(23)14-17/h3-9,14H,2,10-13,15H2,1H3. The topological polar surface area (TPSA) is 65.5 Å². The van der Waals surface area contributed by atoms with E-state index in [4.69, 9.17) is 16.3 Å². The van der Waals surface area contributed by atoms with Crippen LogP contribution in [0.2, 0.25) is 5.02 Å². The summed E-state index contributed by atoms with van der Waals surface area (Å²) in [6.07, 6.45) is -0.282. The van der Waals surface area contributed by atoms with Crippen LogP contribution in [0.4, 0.5) is 16.2 Å². The van der Waals surface area contributed by atoms with Gasteiger partial charge in [-0.25, -0.2) is 9.79 Å². The number of amides is 2. The second-order valence-corrected chi connectivity index (χ2v) is 7.57. The number of anilines is 1. The number of hydrogen-bond acceptors (Lipinski definition) is 5. The Kier molecular flexibility index (Phi) is 6.01. The highest BCUT2D eigenvalue weighted by atomic mass is 35.5. The second kappa shape index (κ2) is 8.85. The Morgan fingerprint density at radius 2 is 1.87 bits per heavy atom. The molecule has 0 unspecified atom stereocenters. The Bertz CT molecular complexity index is 986. The van der Waals surface area contributed by atoms with Gasteiger partial charge in [0.2, 0.25) is 0 Å². The first-order valence-corrected chi connectivity index (χ1v) is 10.3. The van der Waals surface area contributed by atoms with Crippen molar-refractivity contribution >= 4 is 40.7 Å². The molecule has 2 amide bonds. The summed E-state index contributed by atoms with van der Waals surface area (Å²) in [6, 6.07) is 14.8. The molecule has 7 nitrogen and oxygen atoms in total. The van der Waals surface area contributed by atoms with Gasteiger partial charge in [-0.1, -0.05) is 35.9 Å². The van der Waals surface area contributed by atoms with Gasteiger partial charge in [-0.15, -0.1) is 0 Å². The maximum Gasteiger partial charge on any atom is 0.409 e. The van der Waals surface area contributed by atoms with E-state index in [0.717, 1.165) is 11.3 Å². The summed E-state index contributed by atoms with van der Waals surface area (Å²) in [4.78, 5) is 35.3. The van der Waals surface area contributed by atoms with Crippen molar-refractivity contribution in [3.63, 3.8) is 0 Å². The molecule has 4 rings (SSSR count). The zero-order valence-electron chi connectivity index (χ0n) is 16.8. The van der Waals surface area contributed by atoms with E-state index in [0.29, 0.717) is 55.9 Å². The SMILES string of the molecule is CCOC(=O)N1CCN(CN2C(=O)C(=Nc3cccc(Cl)c3)c3ccccc32)CC1. The molecule has 0 saturated carbocycles. The zero-order chi connectivity index (χ0) is 21.1. The molecule has 0 radical (unpaired) electrons. The van der Waals surface area contributed by atoms with Crippen LogP contribution < -0.4 is 4.90 Å². The lowest BCUT2D eigenvalue weighted by Crippen LogP contribution is -2.52. The fourth-order valence-electron chi connectivity index (χ4n) is 3.67. The first-order chi connectivity index (χ1) is 14.6. The van der Waals surface area contributed by atoms with Crippen molar-refractivity contribution in [3.05, 3.63) is 59.1 Å². The van der Waals surface area contributed by atoms with Crippen molar-refractivity contribution in [1.29, 1.82) is 0 Å². The molecule has 2 aliphatic heterocycles. The fraction of sp³-hybridized carbons (Fsp3) is 0.318. The predicted octanol–water partition coefficient (Wildman–Crippen LogP) is 3.54. The monoisotopic (exact) mass is 426 g/mol. The highest BCUT2D eigenvalue weighted by Gasteiger charge is 2.35. The van der Waals surface area contributed by atoms with Crippen molar-refractivity contribution in [2.24, 2.45) is 4.99 Å². The van der Waals surface area contributed by atoms with E-state index in [1.807, 2.05) is 36.4 Å². The number of nitrogens with zero attached hydrogens (tertiary/aromatic N) is 4. The maximum absolute atomic E-state index is 13.2. The molecule has 0 aliphatic carbocycles. The number of benzene rings is 2. The Hall–Kier alpha value is -2.90. The van der Waals surface area contributed by atoms with Gasteiger partial charge in [-0.3, -0.25) is 14.6 Å². The molecule has 1 fully saturated rings. The van der Waals surface area contributed by atoms with Gasteiger partial charge in [0.1, 0.15) is 5.71 Å². The molecule has 2 aromatic carbocycles. The number of rotatable bonds is 4. The molecule has 1 saturated heterocycles. The summed E-state index contributed by atoms with van der Waals surface area (Å²) in [6.45, 7) is 5.11. The predicted molar refractivity (Wildman–Crippen MR) is 117 cm³/mol. The number of hydrogen-bond donors (Lipinski definition) is 0. The minimum absolute atomic E-state index is 0.135. The van der Waals surface area contributed by atoms with Crippen LogP contribution in [0.3, 0.4) is 0 Å². The number of carbonyl (C=O) groups is 2. The Morgan fingerprint density at radius 1 is 1.10 bits per heavy atom. The van der Waals surface area contributed by atoms with E-state index in [2.05, 4.69) is 9.89 Å². The lowest BCUT2D eigenvalue weighted by atomic mass is 10.1. The summed E-state index contributed by atoms with van der Waals surface area (Å²) in [5.41, 5.74) is 2.72. The van der Waals surface area contributed by atoms with Crippen molar-refractivity contribution in [2.45, 2.75) is 6.92 Å². The Morgan fingerprint density at radius 3 is 2.60 bits per heavy atom. The largest absolute Gasteiger partial charge is 0.450 e. The van der Waals surface area contributed by atoms with Crippen molar-refractivity contribution in [3.8, 4) is 0 Å². The molecular weight excluding hydrogens is 404 g/mol. The van der Waals surface area contributed by atoms with E-state index in [9.17, 15) is 9.59 Å². The number of fused-ring (bicyclic) bond motifs is 1. The average Bonchev–Trinajstić information content (AvgIpc) is 3.00. The molecule has 0 aromatic heterocycles. The third kappa shape index (κ3) is 4.17. The number of piperazine rings is 1. The molecule has 8 heteroatoms. The smallest absolute Gasteiger partial charge is 0.409 e. The van der Waals surface area contributed by atoms with Crippen LogP contribution in [0.5, 0.6) is 0 Å². The number of ether oxygens (including phenoxy) is 1. The van der Waals surface area contributed by atoms with Gasteiger partial charge in [-0.2, -0.15) is 0 Å². The average molecular weight is 427 g/mol. The Labute approximate surface area is 180 Å². The number of halogens is 1. The molecule has 0 spiro atoms. The van der Waals surface area contributed by atoms with E-state index in [1.165, 1.54) is 0 Å². The van der Waals surface area contributed by atoms with Crippen molar-refractivity contribution < 1.29 is 14.3 Å². The molecule has 2 heterocycles. The summed E-state index contributed by atoms with van der Waals surface area (Å²) < 4.78 is 5.07. The summed E-state index contributed by atoms with van der Waals surface area (Å²) in [5.74, 6) is -0.135. The lowest BCUT2D eigenvalue weighted by molar-refractivity contribution is -0.112. The molecule has 2 aliphatic rings. The van der Waals surface area contributed by atoms with Gasteiger partial charge < -0.3 is 9.64 Å². The zero-order valence-corrected chi connectivity index (χ0v) is 17.5. The molecular formula is C22H23ClN4O3. The number of carbonyl (C=O) groups excluding carboxylic acids is 2. The second-order valence-electron chi connectivity index (χ2n) is 7.14.